The van der Waals surface area contributed by atoms with Gasteiger partial charge in [-0.2, -0.15) is 0 Å². The van der Waals surface area contributed by atoms with Gasteiger partial charge in [-0.3, -0.25) is 15.0 Å². The first kappa shape index (κ1) is 13.6. The summed E-state index contributed by atoms with van der Waals surface area (Å²) in [6.45, 7) is 3.80. The lowest BCUT2D eigenvalue weighted by Gasteiger charge is -2.26. The van der Waals surface area contributed by atoms with Gasteiger partial charge < -0.3 is 4.90 Å². The second kappa shape index (κ2) is 5.54. The molecule has 6 nitrogen and oxygen atoms in total. The van der Waals surface area contributed by atoms with E-state index in [0.717, 1.165) is 39.0 Å². The molecular weight excluding hydrogens is 280 g/mol. The summed E-state index contributed by atoms with van der Waals surface area (Å²) in [5.74, 6) is 0.413. The molecule has 1 atom stereocenters. The number of fused-ring (bicyclic) bond motifs is 1. The molecule has 0 aromatic carbocycles. The molecule has 0 N–H and O–H groups in total. The van der Waals surface area contributed by atoms with Gasteiger partial charge in [0, 0.05) is 31.7 Å². The van der Waals surface area contributed by atoms with E-state index in [1.54, 1.807) is 0 Å². The maximum absolute atomic E-state index is 11.2. The van der Waals surface area contributed by atoms with Gasteiger partial charge >= 0.3 is 5.69 Å². The number of hydrogen-bond acceptors (Lipinski definition) is 5. The van der Waals surface area contributed by atoms with Gasteiger partial charge in [0.05, 0.1) is 4.92 Å². The van der Waals surface area contributed by atoms with Crippen LogP contribution >= 0.6 is 11.6 Å². The van der Waals surface area contributed by atoms with Gasteiger partial charge in [0.25, 0.3) is 0 Å². The van der Waals surface area contributed by atoms with E-state index in [9.17, 15) is 10.1 Å². The summed E-state index contributed by atoms with van der Waals surface area (Å²) in [5.41, 5.74) is 0.0425. The maximum Gasteiger partial charge on any atom is 0.311 e. The van der Waals surface area contributed by atoms with E-state index >= 15 is 0 Å². The van der Waals surface area contributed by atoms with Crippen LogP contribution in [-0.2, 0) is 0 Å². The molecule has 1 aromatic rings. The molecule has 1 unspecified atom stereocenters. The Kier molecular flexibility index (Phi) is 3.76. The topological polar surface area (TPSA) is 62.5 Å². The van der Waals surface area contributed by atoms with E-state index in [0.29, 0.717) is 17.0 Å². The maximum atomic E-state index is 11.2. The van der Waals surface area contributed by atoms with Gasteiger partial charge in [-0.15, -0.1) is 0 Å². The highest BCUT2D eigenvalue weighted by Gasteiger charge is 2.31. The van der Waals surface area contributed by atoms with Crippen molar-refractivity contribution in [3.05, 3.63) is 27.4 Å². The van der Waals surface area contributed by atoms with Gasteiger partial charge in [-0.05, 0) is 31.9 Å². The molecular formula is C13H17ClN4O2. The van der Waals surface area contributed by atoms with Crippen LogP contribution in [0.4, 0.5) is 11.5 Å². The van der Waals surface area contributed by atoms with Crippen molar-refractivity contribution in [3.63, 3.8) is 0 Å². The van der Waals surface area contributed by atoms with Crippen molar-refractivity contribution in [2.45, 2.75) is 25.3 Å². The van der Waals surface area contributed by atoms with Gasteiger partial charge in [0.15, 0.2) is 0 Å². The standard InChI is InChI=1S/C13H17ClN4O2/c14-12-5-4-11(18(19)20)13(15-12)17-8-2-7-16-6-1-3-10(16)9-17/h4-5,10H,1-3,6-9H2. The molecule has 0 saturated carbocycles. The number of halogens is 1. The third-order valence-electron chi connectivity index (χ3n) is 4.12. The van der Waals surface area contributed by atoms with Crippen LogP contribution in [0, 0.1) is 10.1 Å². The largest absolute Gasteiger partial charge is 0.349 e. The highest BCUT2D eigenvalue weighted by molar-refractivity contribution is 6.29. The smallest absolute Gasteiger partial charge is 0.311 e. The number of pyridine rings is 1. The van der Waals surface area contributed by atoms with Crippen LogP contribution in [0.2, 0.25) is 5.15 Å². The lowest BCUT2D eigenvalue weighted by Crippen LogP contribution is -2.37. The Labute approximate surface area is 122 Å². The van der Waals surface area contributed by atoms with Gasteiger partial charge in [-0.25, -0.2) is 4.98 Å². The van der Waals surface area contributed by atoms with Gasteiger partial charge in [0.2, 0.25) is 5.82 Å². The molecule has 0 bridgehead atoms. The second-order valence-electron chi connectivity index (χ2n) is 5.37. The summed E-state index contributed by atoms with van der Waals surface area (Å²) in [4.78, 5) is 19.5. The first-order chi connectivity index (χ1) is 9.65. The Morgan fingerprint density at radius 3 is 2.90 bits per heavy atom. The number of aromatic nitrogens is 1. The van der Waals surface area contributed by atoms with Crippen molar-refractivity contribution in [2.75, 3.05) is 31.1 Å². The number of nitro groups is 1. The molecule has 0 amide bonds. The zero-order valence-corrected chi connectivity index (χ0v) is 11.9. The summed E-state index contributed by atoms with van der Waals surface area (Å²) in [6, 6.07) is 3.41. The Morgan fingerprint density at radius 2 is 2.10 bits per heavy atom. The minimum absolute atomic E-state index is 0.0425. The molecule has 2 aliphatic heterocycles. The van der Waals surface area contributed by atoms with Crippen molar-refractivity contribution in [2.24, 2.45) is 0 Å². The summed E-state index contributed by atoms with van der Waals surface area (Å²) in [6.07, 6.45) is 3.37. The predicted molar refractivity (Wildman–Crippen MR) is 77.3 cm³/mol. The Hall–Kier alpha value is -1.40. The monoisotopic (exact) mass is 296 g/mol. The highest BCUT2D eigenvalue weighted by atomic mass is 35.5. The van der Waals surface area contributed by atoms with Crippen molar-refractivity contribution in [1.82, 2.24) is 9.88 Å². The number of nitrogens with zero attached hydrogens (tertiary/aromatic N) is 4. The normalized spacial score (nSPS) is 23.4. The molecule has 1 aromatic heterocycles. The van der Waals surface area contributed by atoms with E-state index in [4.69, 9.17) is 11.6 Å². The minimum atomic E-state index is -0.379. The fourth-order valence-corrected chi connectivity index (χ4v) is 3.34. The van der Waals surface area contributed by atoms with E-state index in [1.807, 2.05) is 4.90 Å². The Bertz CT molecular complexity index is 525. The molecule has 0 aliphatic carbocycles. The third kappa shape index (κ3) is 2.58. The summed E-state index contributed by atoms with van der Waals surface area (Å²) in [7, 11) is 0. The molecule has 2 saturated heterocycles. The van der Waals surface area contributed by atoms with Crippen LogP contribution < -0.4 is 4.90 Å². The molecule has 0 radical (unpaired) electrons. The first-order valence-corrected chi connectivity index (χ1v) is 7.33. The number of anilines is 1. The van der Waals surface area contributed by atoms with Crippen LogP contribution in [0.5, 0.6) is 0 Å². The molecule has 20 heavy (non-hydrogen) atoms. The molecule has 7 heteroatoms. The fraction of sp³-hybridized carbons (Fsp3) is 0.615. The van der Waals surface area contributed by atoms with Crippen LogP contribution in [0.3, 0.4) is 0 Å². The number of rotatable bonds is 2. The average molecular weight is 297 g/mol. The average Bonchev–Trinajstić information content (AvgIpc) is 2.75. The quantitative estimate of drug-likeness (QED) is 0.476. The van der Waals surface area contributed by atoms with Crippen molar-refractivity contribution in [3.8, 4) is 0 Å². The van der Waals surface area contributed by atoms with E-state index in [-0.39, 0.29) is 10.6 Å². The third-order valence-corrected chi connectivity index (χ3v) is 4.33. The predicted octanol–water partition coefficient (Wildman–Crippen LogP) is 2.32. The van der Waals surface area contributed by atoms with Crippen LogP contribution in [0.15, 0.2) is 12.1 Å². The van der Waals surface area contributed by atoms with Gasteiger partial charge in [0.1, 0.15) is 5.15 Å². The molecule has 108 valence electrons. The van der Waals surface area contributed by atoms with Crippen molar-refractivity contribution >= 4 is 23.1 Å². The number of hydrogen-bond donors (Lipinski definition) is 0. The second-order valence-corrected chi connectivity index (χ2v) is 5.75. The van der Waals surface area contributed by atoms with E-state index in [1.165, 1.54) is 18.6 Å². The van der Waals surface area contributed by atoms with Crippen LogP contribution in [-0.4, -0.2) is 47.0 Å². The first-order valence-electron chi connectivity index (χ1n) is 6.95. The highest BCUT2D eigenvalue weighted by Crippen LogP contribution is 2.31. The van der Waals surface area contributed by atoms with E-state index in [2.05, 4.69) is 9.88 Å². The molecule has 3 rings (SSSR count). The van der Waals surface area contributed by atoms with Crippen LogP contribution in [0.1, 0.15) is 19.3 Å². The zero-order chi connectivity index (χ0) is 14.1. The van der Waals surface area contributed by atoms with Crippen LogP contribution in [0.25, 0.3) is 0 Å². The Balaban J connectivity index is 1.91. The lowest BCUT2D eigenvalue weighted by molar-refractivity contribution is -0.384. The SMILES string of the molecule is O=[N+]([O-])c1ccc(Cl)nc1N1CCCN2CCCC2C1. The Morgan fingerprint density at radius 1 is 1.30 bits per heavy atom. The molecule has 2 fully saturated rings. The lowest BCUT2D eigenvalue weighted by atomic mass is 10.2. The fourth-order valence-electron chi connectivity index (χ4n) is 3.19. The summed E-state index contributed by atoms with van der Waals surface area (Å²) >= 11 is 5.92. The van der Waals surface area contributed by atoms with E-state index < -0.39 is 0 Å². The molecule has 0 spiro atoms. The summed E-state index contributed by atoms with van der Waals surface area (Å²) in [5, 5.41) is 11.5. The zero-order valence-electron chi connectivity index (χ0n) is 11.2. The minimum Gasteiger partial charge on any atom is -0.349 e. The molecule has 3 heterocycles. The molecule has 2 aliphatic rings. The van der Waals surface area contributed by atoms with Crippen molar-refractivity contribution < 1.29 is 4.92 Å². The van der Waals surface area contributed by atoms with Crippen molar-refractivity contribution in [1.29, 1.82) is 0 Å². The van der Waals surface area contributed by atoms with Gasteiger partial charge in [-0.1, -0.05) is 11.6 Å². The summed E-state index contributed by atoms with van der Waals surface area (Å²) < 4.78 is 0.